The van der Waals surface area contributed by atoms with Crippen molar-refractivity contribution in [3.63, 3.8) is 0 Å². The number of para-hydroxylation sites is 1. The van der Waals surface area contributed by atoms with Gasteiger partial charge in [0.25, 0.3) is 0 Å². The summed E-state index contributed by atoms with van der Waals surface area (Å²) in [6.45, 7) is 2.29. The summed E-state index contributed by atoms with van der Waals surface area (Å²) >= 11 is 0. The Morgan fingerprint density at radius 2 is 2.25 bits per heavy atom. The Bertz CT molecular complexity index is 469. The van der Waals surface area contributed by atoms with Gasteiger partial charge in [0.15, 0.2) is 0 Å². The smallest absolute Gasteiger partial charge is 0.226 e. The fourth-order valence-electron chi connectivity index (χ4n) is 2.96. The molecule has 0 radical (unpaired) electrons. The number of fused-ring (bicyclic) bond motifs is 1. The second kappa shape index (κ2) is 6.27. The second-order valence-corrected chi connectivity index (χ2v) is 5.71. The van der Waals surface area contributed by atoms with Crippen LogP contribution in [0.25, 0.3) is 0 Å². The summed E-state index contributed by atoms with van der Waals surface area (Å²) in [5, 5.41) is 6.52. The van der Waals surface area contributed by atoms with E-state index < -0.39 is 0 Å². The maximum atomic E-state index is 12.2. The minimum atomic E-state index is -0.0616. The molecule has 0 saturated carbocycles. The predicted molar refractivity (Wildman–Crippen MR) is 77.8 cm³/mol. The number of benzene rings is 1. The highest BCUT2D eigenvalue weighted by Crippen LogP contribution is 2.26. The number of ether oxygens (including phenoxy) is 1. The largest absolute Gasteiger partial charge is 0.492 e. The van der Waals surface area contributed by atoms with Crippen LogP contribution in [0.15, 0.2) is 24.3 Å². The number of carbonyl (C=O) groups is 1. The topological polar surface area (TPSA) is 50.4 Å². The molecule has 2 aliphatic heterocycles. The third kappa shape index (κ3) is 3.12. The van der Waals surface area contributed by atoms with Crippen LogP contribution in [0.3, 0.4) is 0 Å². The highest BCUT2D eigenvalue weighted by atomic mass is 16.5. The molecular formula is C16H22N2O2. The fourth-order valence-corrected chi connectivity index (χ4v) is 2.96. The summed E-state index contributed by atoms with van der Waals surface area (Å²) in [4.78, 5) is 12.2. The zero-order valence-electron chi connectivity index (χ0n) is 11.7. The highest BCUT2D eigenvalue weighted by molar-refractivity contribution is 5.79. The van der Waals surface area contributed by atoms with Crippen LogP contribution in [0, 0.1) is 5.92 Å². The lowest BCUT2D eigenvalue weighted by Gasteiger charge is -2.27. The van der Waals surface area contributed by atoms with Gasteiger partial charge in [-0.2, -0.15) is 0 Å². The monoisotopic (exact) mass is 274 g/mol. The first-order valence-corrected chi connectivity index (χ1v) is 7.55. The molecule has 2 heterocycles. The van der Waals surface area contributed by atoms with Gasteiger partial charge in [-0.15, -0.1) is 0 Å². The molecule has 0 aromatic heterocycles. The van der Waals surface area contributed by atoms with Gasteiger partial charge in [0.2, 0.25) is 5.91 Å². The minimum Gasteiger partial charge on any atom is -0.492 e. The number of carbonyl (C=O) groups excluding carboxylic acids is 1. The van der Waals surface area contributed by atoms with E-state index in [0.717, 1.165) is 37.2 Å². The van der Waals surface area contributed by atoms with Crippen molar-refractivity contribution < 1.29 is 9.53 Å². The molecule has 108 valence electrons. The molecule has 2 aliphatic rings. The zero-order valence-corrected chi connectivity index (χ0v) is 11.7. The van der Waals surface area contributed by atoms with Gasteiger partial charge in [-0.1, -0.05) is 24.6 Å². The summed E-state index contributed by atoms with van der Waals surface area (Å²) < 4.78 is 5.67. The first-order chi connectivity index (χ1) is 9.83. The molecule has 0 aliphatic carbocycles. The zero-order chi connectivity index (χ0) is 13.8. The van der Waals surface area contributed by atoms with Crippen molar-refractivity contribution in [3.05, 3.63) is 29.8 Å². The lowest BCUT2D eigenvalue weighted by Crippen LogP contribution is -2.46. The molecule has 2 unspecified atom stereocenters. The second-order valence-electron chi connectivity index (χ2n) is 5.71. The van der Waals surface area contributed by atoms with Crippen molar-refractivity contribution in [1.82, 2.24) is 10.6 Å². The van der Waals surface area contributed by atoms with Crippen LogP contribution in [0.2, 0.25) is 0 Å². The molecule has 1 amide bonds. The van der Waals surface area contributed by atoms with Crippen molar-refractivity contribution in [1.29, 1.82) is 0 Å². The first kappa shape index (κ1) is 13.4. The van der Waals surface area contributed by atoms with E-state index in [2.05, 4.69) is 10.6 Å². The number of nitrogens with one attached hydrogen (secondary N) is 2. The van der Waals surface area contributed by atoms with Crippen LogP contribution in [-0.4, -0.2) is 31.6 Å². The van der Waals surface area contributed by atoms with Crippen molar-refractivity contribution in [3.8, 4) is 5.75 Å². The maximum Gasteiger partial charge on any atom is 0.226 e. The van der Waals surface area contributed by atoms with Crippen molar-refractivity contribution in [2.75, 3.05) is 19.7 Å². The number of amides is 1. The third-order valence-electron chi connectivity index (χ3n) is 4.18. The molecule has 2 N–H and O–H groups in total. The van der Waals surface area contributed by atoms with Gasteiger partial charge in [-0.25, -0.2) is 0 Å². The first-order valence-electron chi connectivity index (χ1n) is 7.55. The quantitative estimate of drug-likeness (QED) is 0.878. The van der Waals surface area contributed by atoms with Crippen molar-refractivity contribution in [2.45, 2.75) is 31.7 Å². The van der Waals surface area contributed by atoms with Gasteiger partial charge in [0.05, 0.1) is 5.92 Å². The van der Waals surface area contributed by atoms with E-state index in [9.17, 15) is 4.79 Å². The summed E-state index contributed by atoms with van der Waals surface area (Å²) in [6.07, 6.45) is 4.44. The number of piperidine rings is 1. The van der Waals surface area contributed by atoms with Gasteiger partial charge in [0.1, 0.15) is 12.4 Å². The normalized spacial score (nSPS) is 25.4. The average molecular weight is 274 g/mol. The molecule has 4 heteroatoms. The predicted octanol–water partition coefficient (Wildman–Crippen LogP) is 1.50. The number of rotatable bonds is 3. The van der Waals surface area contributed by atoms with Gasteiger partial charge in [-0.05, 0) is 37.4 Å². The van der Waals surface area contributed by atoms with E-state index >= 15 is 0 Å². The summed E-state index contributed by atoms with van der Waals surface area (Å²) in [5.41, 5.74) is 1.13. The summed E-state index contributed by atoms with van der Waals surface area (Å²) in [5.74, 6) is 0.978. The third-order valence-corrected chi connectivity index (χ3v) is 4.18. The van der Waals surface area contributed by atoms with E-state index in [0.29, 0.717) is 12.6 Å². The Hall–Kier alpha value is -1.55. The van der Waals surface area contributed by atoms with Crippen LogP contribution in [0.5, 0.6) is 5.75 Å². The van der Waals surface area contributed by atoms with Crippen LogP contribution < -0.4 is 15.4 Å². The number of hydrogen-bond acceptors (Lipinski definition) is 3. The summed E-state index contributed by atoms with van der Waals surface area (Å²) in [7, 11) is 0. The molecule has 1 saturated heterocycles. The van der Waals surface area contributed by atoms with E-state index in [1.807, 2.05) is 24.3 Å². The average Bonchev–Trinajstić information content (AvgIpc) is 2.53. The minimum absolute atomic E-state index is 0.0616. The standard InChI is InChI=1S/C16H22N2O2/c19-16(18-10-14-6-3-4-8-17-14)13-9-12-5-1-2-7-15(12)20-11-13/h1-2,5,7,13-14,17H,3-4,6,8-11H2,(H,18,19). The van der Waals surface area contributed by atoms with E-state index in [-0.39, 0.29) is 11.8 Å². The lowest BCUT2D eigenvalue weighted by atomic mass is 9.96. The molecule has 3 rings (SSSR count). The van der Waals surface area contributed by atoms with Crippen molar-refractivity contribution >= 4 is 5.91 Å². The Labute approximate surface area is 119 Å². The molecule has 0 bridgehead atoms. The fraction of sp³-hybridized carbons (Fsp3) is 0.562. The molecule has 4 nitrogen and oxygen atoms in total. The SMILES string of the molecule is O=C(NCC1CCCCN1)C1COc2ccccc2C1. The Balaban J connectivity index is 1.51. The molecule has 1 aromatic rings. The Morgan fingerprint density at radius 3 is 3.10 bits per heavy atom. The van der Waals surface area contributed by atoms with Gasteiger partial charge >= 0.3 is 0 Å². The molecule has 0 spiro atoms. The molecular weight excluding hydrogens is 252 g/mol. The van der Waals surface area contributed by atoms with E-state index in [4.69, 9.17) is 4.74 Å². The lowest BCUT2D eigenvalue weighted by molar-refractivity contribution is -0.126. The molecule has 20 heavy (non-hydrogen) atoms. The van der Waals surface area contributed by atoms with Gasteiger partial charge < -0.3 is 15.4 Å². The van der Waals surface area contributed by atoms with Gasteiger partial charge in [0, 0.05) is 12.6 Å². The molecule has 1 aromatic carbocycles. The van der Waals surface area contributed by atoms with Crippen LogP contribution >= 0.6 is 0 Å². The van der Waals surface area contributed by atoms with E-state index in [1.54, 1.807) is 0 Å². The summed E-state index contributed by atoms with van der Waals surface area (Å²) in [6, 6.07) is 8.40. The van der Waals surface area contributed by atoms with Crippen molar-refractivity contribution in [2.24, 2.45) is 5.92 Å². The number of hydrogen-bond donors (Lipinski definition) is 2. The van der Waals surface area contributed by atoms with Crippen LogP contribution in [0.1, 0.15) is 24.8 Å². The Morgan fingerprint density at radius 1 is 1.35 bits per heavy atom. The maximum absolute atomic E-state index is 12.2. The van der Waals surface area contributed by atoms with Crippen LogP contribution in [-0.2, 0) is 11.2 Å². The van der Waals surface area contributed by atoms with Gasteiger partial charge in [-0.3, -0.25) is 4.79 Å². The molecule has 1 fully saturated rings. The van der Waals surface area contributed by atoms with Crippen LogP contribution in [0.4, 0.5) is 0 Å². The highest BCUT2D eigenvalue weighted by Gasteiger charge is 2.26. The molecule has 2 atom stereocenters. The Kier molecular flexibility index (Phi) is 4.21. The van der Waals surface area contributed by atoms with E-state index in [1.165, 1.54) is 12.8 Å².